The lowest BCUT2D eigenvalue weighted by Crippen LogP contribution is -2.53. The van der Waals surface area contributed by atoms with Crippen molar-refractivity contribution in [3.8, 4) is 11.5 Å². The number of carbonyl (C=O) groups is 2. The highest BCUT2D eigenvalue weighted by molar-refractivity contribution is 6.30. The second kappa shape index (κ2) is 16.1. The SMILES string of the molecule is C[C@@H](COc1ccnc2c1[C@H](C)CCC2)C[C@H]1Cc2ccc(OCCCC(=O)N3Cc4ccccc4C3)cc2C12CCC(Nc1cccc(Cl)c1)(C(=O)O)CC2. The fourth-order valence-electron chi connectivity index (χ4n) is 10.2. The summed E-state index contributed by atoms with van der Waals surface area (Å²) in [6.45, 7) is 7.00. The van der Waals surface area contributed by atoms with Gasteiger partial charge in [0.05, 0.1) is 13.2 Å². The molecule has 56 heavy (non-hydrogen) atoms. The molecule has 1 amide bonds. The number of hydrogen-bond acceptors (Lipinski definition) is 6. The van der Waals surface area contributed by atoms with Gasteiger partial charge in [-0.25, -0.2) is 4.79 Å². The Hall–Kier alpha value is -4.56. The van der Waals surface area contributed by atoms with E-state index in [0.29, 0.717) is 74.8 Å². The minimum Gasteiger partial charge on any atom is -0.494 e. The van der Waals surface area contributed by atoms with Crippen LogP contribution in [-0.4, -0.2) is 45.6 Å². The van der Waals surface area contributed by atoms with Crippen LogP contribution >= 0.6 is 11.6 Å². The van der Waals surface area contributed by atoms with E-state index in [0.717, 1.165) is 55.7 Å². The van der Waals surface area contributed by atoms with Gasteiger partial charge in [0, 0.05) is 47.7 Å². The number of hydrogen-bond donors (Lipinski definition) is 2. The summed E-state index contributed by atoms with van der Waals surface area (Å²) in [4.78, 5) is 32.7. The van der Waals surface area contributed by atoms with E-state index in [2.05, 4.69) is 54.5 Å². The molecule has 0 saturated heterocycles. The number of aliphatic carboxylic acids is 1. The van der Waals surface area contributed by atoms with Crippen LogP contribution in [0.1, 0.15) is 111 Å². The topological polar surface area (TPSA) is 101 Å². The van der Waals surface area contributed by atoms with Crippen molar-refractivity contribution in [3.63, 3.8) is 0 Å². The standard InChI is InChI=1S/C47H54ClN3O5/c1-31(30-56-42-17-22-49-41-13-5-8-32(2)44(41)42)24-36-25-33-15-16-39(55-23-7-14-43(52)51-28-34-9-3-4-10-35(34)29-51)27-40(33)46(36)18-20-47(21-19-46,45(53)54)50-38-12-6-11-37(48)26-38/h3-4,6,9-12,15-17,22,26-27,31-32,36,50H,5,7-8,13-14,18-21,23-25,28-30H2,1-2H3,(H,53,54)/t31-,32-,36+,46?,47?/m1/s1. The number of aromatic nitrogens is 1. The van der Waals surface area contributed by atoms with E-state index >= 15 is 0 Å². The van der Waals surface area contributed by atoms with Gasteiger partial charge < -0.3 is 24.8 Å². The fourth-order valence-corrected chi connectivity index (χ4v) is 10.4. The molecule has 2 N–H and O–H groups in total. The smallest absolute Gasteiger partial charge is 0.329 e. The molecule has 1 saturated carbocycles. The molecule has 9 heteroatoms. The van der Waals surface area contributed by atoms with Crippen LogP contribution in [0.3, 0.4) is 0 Å². The molecule has 0 radical (unpaired) electrons. The molecule has 8 rings (SSSR count). The molecule has 3 atom stereocenters. The molecule has 4 aliphatic rings. The van der Waals surface area contributed by atoms with Gasteiger partial charge in [0.25, 0.3) is 0 Å². The van der Waals surface area contributed by atoms with Crippen molar-refractivity contribution >= 4 is 29.2 Å². The first-order valence-corrected chi connectivity index (χ1v) is 21.0. The van der Waals surface area contributed by atoms with Crippen LogP contribution in [0.2, 0.25) is 5.02 Å². The number of amides is 1. The minimum absolute atomic E-state index is 0.160. The molecule has 1 spiro atoms. The summed E-state index contributed by atoms with van der Waals surface area (Å²) in [5.74, 6) is 2.18. The molecule has 1 aliphatic heterocycles. The van der Waals surface area contributed by atoms with E-state index in [1.807, 2.05) is 41.4 Å². The summed E-state index contributed by atoms with van der Waals surface area (Å²) in [5, 5.41) is 14.7. The lowest BCUT2D eigenvalue weighted by Gasteiger charge is -2.47. The number of nitrogens with zero attached hydrogens (tertiary/aromatic N) is 2. The zero-order chi connectivity index (χ0) is 38.9. The van der Waals surface area contributed by atoms with Crippen molar-refractivity contribution in [1.29, 1.82) is 0 Å². The number of rotatable bonds is 13. The maximum atomic E-state index is 13.0. The van der Waals surface area contributed by atoms with Crippen molar-refractivity contribution in [2.75, 3.05) is 18.5 Å². The average molecular weight is 776 g/mol. The number of anilines is 1. The van der Waals surface area contributed by atoms with Crippen LogP contribution < -0.4 is 14.8 Å². The van der Waals surface area contributed by atoms with Crippen molar-refractivity contribution in [3.05, 3.63) is 118 Å². The van der Waals surface area contributed by atoms with Crippen LogP contribution in [-0.2, 0) is 40.9 Å². The first-order chi connectivity index (χ1) is 27.1. The van der Waals surface area contributed by atoms with Crippen LogP contribution in [0.5, 0.6) is 11.5 Å². The van der Waals surface area contributed by atoms with Crippen LogP contribution in [0.25, 0.3) is 0 Å². The van der Waals surface area contributed by atoms with E-state index < -0.39 is 11.5 Å². The van der Waals surface area contributed by atoms with E-state index in [-0.39, 0.29) is 11.3 Å². The van der Waals surface area contributed by atoms with E-state index in [9.17, 15) is 14.7 Å². The Kier molecular flexibility index (Phi) is 11.0. The average Bonchev–Trinajstić information content (AvgIpc) is 3.76. The third kappa shape index (κ3) is 7.74. The molecule has 1 fully saturated rings. The van der Waals surface area contributed by atoms with Gasteiger partial charge in [0.2, 0.25) is 5.91 Å². The summed E-state index contributed by atoms with van der Waals surface area (Å²) in [7, 11) is 0. The van der Waals surface area contributed by atoms with Gasteiger partial charge in [-0.2, -0.15) is 0 Å². The zero-order valence-electron chi connectivity index (χ0n) is 32.7. The normalized spacial score (nSPS) is 24.2. The number of carboxylic acid groups (broad SMARTS) is 1. The Morgan fingerprint density at radius 2 is 1.77 bits per heavy atom. The number of nitrogens with one attached hydrogen (secondary N) is 1. The second-order valence-corrected chi connectivity index (χ2v) is 17.4. The molecule has 294 valence electrons. The van der Waals surface area contributed by atoms with Gasteiger partial charge in [-0.05, 0) is 146 Å². The first kappa shape index (κ1) is 38.3. The molecule has 0 bridgehead atoms. The van der Waals surface area contributed by atoms with Crippen LogP contribution in [0.4, 0.5) is 5.69 Å². The Morgan fingerprint density at radius 1 is 0.982 bits per heavy atom. The Labute approximate surface area is 336 Å². The fraction of sp³-hybridized carbons (Fsp3) is 0.468. The molecule has 0 unspecified atom stereocenters. The van der Waals surface area contributed by atoms with E-state index in [1.165, 1.54) is 39.9 Å². The monoisotopic (exact) mass is 775 g/mol. The van der Waals surface area contributed by atoms with Gasteiger partial charge >= 0.3 is 5.97 Å². The number of carboxylic acids is 1. The van der Waals surface area contributed by atoms with Gasteiger partial charge in [0.1, 0.15) is 17.0 Å². The summed E-state index contributed by atoms with van der Waals surface area (Å²) in [6.07, 6.45) is 10.7. The number of ether oxygens (including phenoxy) is 2. The highest BCUT2D eigenvalue weighted by Crippen LogP contribution is 2.57. The van der Waals surface area contributed by atoms with Crippen molar-refractivity contribution in [1.82, 2.24) is 9.88 Å². The van der Waals surface area contributed by atoms with Crippen molar-refractivity contribution in [2.24, 2.45) is 11.8 Å². The van der Waals surface area contributed by atoms with Crippen LogP contribution in [0, 0.1) is 11.8 Å². The Morgan fingerprint density at radius 3 is 2.52 bits per heavy atom. The predicted octanol–water partition coefficient (Wildman–Crippen LogP) is 9.90. The molecule has 3 aliphatic carbocycles. The summed E-state index contributed by atoms with van der Waals surface area (Å²) in [5.41, 5.74) is 6.97. The zero-order valence-corrected chi connectivity index (χ0v) is 33.5. The molecule has 3 aromatic carbocycles. The highest BCUT2D eigenvalue weighted by atomic mass is 35.5. The number of halogens is 1. The molecule has 1 aromatic heterocycles. The first-order valence-electron chi connectivity index (χ1n) is 20.6. The summed E-state index contributed by atoms with van der Waals surface area (Å²) >= 11 is 6.31. The number of fused-ring (bicyclic) bond motifs is 4. The third-order valence-corrected chi connectivity index (χ3v) is 13.5. The molecule has 8 nitrogen and oxygen atoms in total. The maximum absolute atomic E-state index is 13.0. The van der Waals surface area contributed by atoms with Gasteiger partial charge in [-0.1, -0.05) is 61.8 Å². The van der Waals surface area contributed by atoms with Crippen LogP contribution in [0.15, 0.2) is 79.0 Å². The van der Waals surface area contributed by atoms with Gasteiger partial charge in [0.15, 0.2) is 0 Å². The number of pyridine rings is 1. The van der Waals surface area contributed by atoms with Gasteiger partial charge in [-0.15, -0.1) is 0 Å². The largest absolute Gasteiger partial charge is 0.494 e. The van der Waals surface area contributed by atoms with Crippen molar-refractivity contribution < 1.29 is 24.2 Å². The summed E-state index contributed by atoms with van der Waals surface area (Å²) in [6, 6.07) is 24.1. The van der Waals surface area contributed by atoms with Gasteiger partial charge in [-0.3, -0.25) is 9.78 Å². The second-order valence-electron chi connectivity index (χ2n) is 17.0. The van der Waals surface area contributed by atoms with Crippen molar-refractivity contribution in [2.45, 2.75) is 114 Å². The lowest BCUT2D eigenvalue weighted by atomic mass is 9.59. The minimum atomic E-state index is -1.09. The Balaban J connectivity index is 0.971. The molecule has 4 aromatic rings. The highest BCUT2D eigenvalue weighted by Gasteiger charge is 2.54. The number of carbonyl (C=O) groups excluding carboxylic acids is 1. The quantitative estimate of drug-likeness (QED) is 0.130. The summed E-state index contributed by atoms with van der Waals surface area (Å²) < 4.78 is 12.9. The number of aryl methyl sites for hydroxylation is 1. The third-order valence-electron chi connectivity index (χ3n) is 13.3. The molecule has 2 heterocycles. The lowest BCUT2D eigenvalue weighted by molar-refractivity contribution is -0.144. The maximum Gasteiger partial charge on any atom is 0.329 e. The molecular formula is C47H54ClN3O5. The van der Waals surface area contributed by atoms with E-state index in [1.54, 1.807) is 12.1 Å². The van der Waals surface area contributed by atoms with E-state index in [4.69, 9.17) is 21.1 Å². The Bertz CT molecular complexity index is 2050. The predicted molar refractivity (Wildman–Crippen MR) is 220 cm³/mol. The molecular weight excluding hydrogens is 722 g/mol. The number of benzene rings is 3.